The number of hydrogen-bond acceptors (Lipinski definition) is 6. The number of hydrogen-bond donors (Lipinski definition) is 1. The first-order valence-electron chi connectivity index (χ1n) is 5.51. The van der Waals surface area contributed by atoms with Crippen molar-refractivity contribution in [3.05, 3.63) is 0 Å². The standard InChI is InChI=1S/C10H12F3NO5/c1-17-6(15)5-2-9(18-3-5)4-14-7(9)19-8(16)10(11,12)13/h5,7,14H,2-4H2,1H3. The van der Waals surface area contributed by atoms with Gasteiger partial charge in [0.15, 0.2) is 6.23 Å². The van der Waals surface area contributed by atoms with Crippen molar-refractivity contribution in [3.63, 3.8) is 0 Å². The number of carbonyl (C=O) groups is 2. The summed E-state index contributed by atoms with van der Waals surface area (Å²) in [6.45, 7) is 0.255. The highest BCUT2D eigenvalue weighted by molar-refractivity contribution is 5.76. The van der Waals surface area contributed by atoms with E-state index in [2.05, 4.69) is 14.8 Å². The molecule has 9 heteroatoms. The summed E-state index contributed by atoms with van der Waals surface area (Å²) in [5, 5.41) is 2.54. The highest BCUT2D eigenvalue weighted by Crippen LogP contribution is 2.39. The van der Waals surface area contributed by atoms with Crippen molar-refractivity contribution in [2.24, 2.45) is 5.92 Å². The highest BCUT2D eigenvalue weighted by atomic mass is 19.4. The van der Waals surface area contributed by atoms with E-state index in [-0.39, 0.29) is 19.6 Å². The molecule has 19 heavy (non-hydrogen) atoms. The topological polar surface area (TPSA) is 73.9 Å². The van der Waals surface area contributed by atoms with E-state index in [0.717, 1.165) is 0 Å². The third-order valence-electron chi connectivity index (χ3n) is 3.22. The van der Waals surface area contributed by atoms with Gasteiger partial charge in [-0.3, -0.25) is 10.1 Å². The van der Waals surface area contributed by atoms with E-state index in [4.69, 9.17) is 4.74 Å². The Hall–Kier alpha value is -1.35. The summed E-state index contributed by atoms with van der Waals surface area (Å²) in [6, 6.07) is 0. The molecule has 0 bridgehead atoms. The summed E-state index contributed by atoms with van der Waals surface area (Å²) in [6.07, 6.45) is -6.10. The molecular formula is C10H12F3NO5. The van der Waals surface area contributed by atoms with Crippen LogP contribution < -0.4 is 5.32 Å². The molecule has 1 N–H and O–H groups in total. The molecule has 0 saturated carbocycles. The van der Waals surface area contributed by atoms with E-state index in [1.165, 1.54) is 7.11 Å². The molecule has 0 aromatic rings. The largest absolute Gasteiger partial charge is 0.490 e. The van der Waals surface area contributed by atoms with Crippen molar-refractivity contribution in [1.82, 2.24) is 5.32 Å². The molecule has 0 aromatic heterocycles. The van der Waals surface area contributed by atoms with Gasteiger partial charge in [-0.25, -0.2) is 4.79 Å². The average molecular weight is 283 g/mol. The van der Waals surface area contributed by atoms with Crippen LogP contribution in [0.4, 0.5) is 13.2 Å². The monoisotopic (exact) mass is 283 g/mol. The normalized spacial score (nSPS) is 33.9. The lowest BCUT2D eigenvalue weighted by molar-refractivity contribution is -0.233. The van der Waals surface area contributed by atoms with Crippen LogP contribution in [-0.2, 0) is 23.8 Å². The molecule has 0 aromatic carbocycles. The van der Waals surface area contributed by atoms with Crippen molar-refractivity contribution < 1.29 is 37.0 Å². The molecule has 108 valence electrons. The van der Waals surface area contributed by atoms with E-state index >= 15 is 0 Å². The Morgan fingerprint density at radius 1 is 1.42 bits per heavy atom. The fraction of sp³-hybridized carbons (Fsp3) is 0.800. The van der Waals surface area contributed by atoms with Crippen LogP contribution in [0.2, 0.25) is 0 Å². The molecule has 2 aliphatic rings. The Morgan fingerprint density at radius 3 is 2.58 bits per heavy atom. The van der Waals surface area contributed by atoms with Gasteiger partial charge in [0, 0.05) is 6.54 Å². The molecule has 0 amide bonds. The van der Waals surface area contributed by atoms with Crippen molar-refractivity contribution in [1.29, 1.82) is 0 Å². The van der Waals surface area contributed by atoms with Gasteiger partial charge < -0.3 is 14.2 Å². The summed E-state index contributed by atoms with van der Waals surface area (Å²) in [4.78, 5) is 22.1. The second-order valence-corrected chi connectivity index (χ2v) is 4.46. The zero-order chi connectivity index (χ0) is 14.3. The minimum atomic E-state index is -5.06. The molecule has 3 atom stereocenters. The third-order valence-corrected chi connectivity index (χ3v) is 3.22. The van der Waals surface area contributed by atoms with Crippen LogP contribution >= 0.6 is 0 Å². The van der Waals surface area contributed by atoms with Crippen LogP contribution in [-0.4, -0.2) is 50.2 Å². The average Bonchev–Trinajstić information content (AvgIpc) is 2.79. The maximum Gasteiger partial charge on any atom is 0.490 e. The van der Waals surface area contributed by atoms with E-state index in [1.54, 1.807) is 0 Å². The van der Waals surface area contributed by atoms with Gasteiger partial charge in [-0.05, 0) is 6.42 Å². The van der Waals surface area contributed by atoms with Gasteiger partial charge in [0.05, 0.1) is 19.6 Å². The van der Waals surface area contributed by atoms with Gasteiger partial charge in [-0.15, -0.1) is 0 Å². The molecule has 6 nitrogen and oxygen atoms in total. The lowest BCUT2D eigenvalue weighted by Gasteiger charge is -2.45. The first kappa shape index (κ1) is 14.1. The first-order valence-corrected chi connectivity index (χ1v) is 5.51. The maximum atomic E-state index is 12.1. The molecule has 2 fully saturated rings. The molecular weight excluding hydrogens is 271 g/mol. The molecule has 3 unspecified atom stereocenters. The minimum Gasteiger partial charge on any atom is -0.469 e. The lowest BCUT2D eigenvalue weighted by atomic mass is 9.87. The maximum absolute atomic E-state index is 12.1. The summed E-state index contributed by atoms with van der Waals surface area (Å²) >= 11 is 0. The second-order valence-electron chi connectivity index (χ2n) is 4.46. The quantitative estimate of drug-likeness (QED) is 0.717. The summed E-state index contributed by atoms with van der Waals surface area (Å²) in [5.74, 6) is -3.34. The fourth-order valence-electron chi connectivity index (χ4n) is 2.16. The van der Waals surface area contributed by atoms with Crippen LogP contribution in [0.3, 0.4) is 0 Å². The van der Waals surface area contributed by atoms with Crippen molar-refractivity contribution in [3.8, 4) is 0 Å². The smallest absolute Gasteiger partial charge is 0.469 e. The molecule has 0 radical (unpaired) electrons. The predicted molar refractivity (Wildman–Crippen MR) is 52.7 cm³/mol. The van der Waals surface area contributed by atoms with E-state index in [9.17, 15) is 22.8 Å². The van der Waals surface area contributed by atoms with Crippen molar-refractivity contribution in [2.45, 2.75) is 24.4 Å². The number of halogens is 3. The Bertz CT molecular complexity index is 399. The summed E-state index contributed by atoms with van der Waals surface area (Å²) < 4.78 is 50.4. The van der Waals surface area contributed by atoms with Crippen molar-refractivity contribution >= 4 is 11.9 Å². The van der Waals surface area contributed by atoms with E-state index in [1.807, 2.05) is 0 Å². The van der Waals surface area contributed by atoms with E-state index < -0.39 is 35.9 Å². The van der Waals surface area contributed by atoms with Gasteiger partial charge in [0.1, 0.15) is 5.60 Å². The number of carbonyl (C=O) groups excluding carboxylic acids is 2. The first-order chi connectivity index (χ1) is 8.78. The van der Waals surface area contributed by atoms with Gasteiger partial charge >= 0.3 is 18.1 Å². The molecule has 2 aliphatic heterocycles. The number of alkyl halides is 3. The summed E-state index contributed by atoms with van der Waals surface area (Å²) in [7, 11) is 1.22. The second kappa shape index (κ2) is 4.64. The lowest BCUT2D eigenvalue weighted by Crippen LogP contribution is -2.69. The van der Waals surface area contributed by atoms with Gasteiger partial charge in [-0.1, -0.05) is 0 Å². The van der Waals surface area contributed by atoms with Gasteiger partial charge in [-0.2, -0.15) is 13.2 Å². The Labute approximate surface area is 106 Å². The fourth-order valence-corrected chi connectivity index (χ4v) is 2.16. The van der Waals surface area contributed by atoms with Crippen molar-refractivity contribution in [2.75, 3.05) is 20.3 Å². The predicted octanol–water partition coefficient (Wildman–Crippen LogP) is -0.0305. The third kappa shape index (κ3) is 2.52. The minimum absolute atomic E-state index is 0.0361. The van der Waals surface area contributed by atoms with E-state index in [0.29, 0.717) is 0 Å². The SMILES string of the molecule is COC(=O)C1COC2(CNC2OC(=O)C(F)(F)F)C1. The van der Waals surface area contributed by atoms with Crippen LogP contribution in [0.5, 0.6) is 0 Å². The van der Waals surface area contributed by atoms with Crippen LogP contribution in [0.15, 0.2) is 0 Å². The Morgan fingerprint density at radius 2 is 2.11 bits per heavy atom. The zero-order valence-corrected chi connectivity index (χ0v) is 9.95. The molecule has 2 rings (SSSR count). The molecule has 0 aliphatic carbocycles. The summed E-state index contributed by atoms with van der Waals surface area (Å²) in [5.41, 5.74) is -1.07. The van der Waals surface area contributed by atoms with Crippen LogP contribution in [0.1, 0.15) is 6.42 Å². The Balaban J connectivity index is 1.96. The Kier molecular flexibility index (Phi) is 3.43. The van der Waals surface area contributed by atoms with Gasteiger partial charge in [0.2, 0.25) is 0 Å². The molecule has 1 spiro atoms. The number of rotatable bonds is 2. The van der Waals surface area contributed by atoms with Gasteiger partial charge in [0.25, 0.3) is 0 Å². The zero-order valence-electron chi connectivity index (χ0n) is 9.95. The molecule has 2 saturated heterocycles. The molecule has 2 heterocycles. The number of ether oxygens (including phenoxy) is 3. The van der Waals surface area contributed by atoms with Crippen LogP contribution in [0.25, 0.3) is 0 Å². The highest BCUT2D eigenvalue weighted by Gasteiger charge is 2.58. The number of esters is 2. The number of methoxy groups -OCH3 is 1. The number of nitrogens with one attached hydrogen (secondary N) is 1. The van der Waals surface area contributed by atoms with Crippen LogP contribution in [0, 0.1) is 5.92 Å².